The predicted molar refractivity (Wildman–Crippen MR) is 95.8 cm³/mol. The molecule has 1 aromatic carbocycles. The highest BCUT2D eigenvalue weighted by Crippen LogP contribution is 2.34. The van der Waals surface area contributed by atoms with Crippen LogP contribution in [0, 0.1) is 0 Å². The first kappa shape index (κ1) is 17.0. The monoisotopic (exact) mass is 360 g/mol. The number of carbonyl (C=O) groups excluding carboxylic acids is 2. The number of rotatable bonds is 3. The van der Waals surface area contributed by atoms with Crippen molar-refractivity contribution in [2.24, 2.45) is 0 Å². The lowest BCUT2D eigenvalue weighted by molar-refractivity contribution is -0.133. The molecule has 8 nitrogen and oxygen atoms in total. The second-order valence-electron chi connectivity index (χ2n) is 6.87. The van der Waals surface area contributed by atoms with Gasteiger partial charge in [0.2, 0.25) is 5.91 Å². The fraction of sp³-hybridized carbons (Fsp3) is 0.556. The van der Waals surface area contributed by atoms with Crippen molar-refractivity contribution in [3.05, 3.63) is 18.2 Å². The summed E-state index contributed by atoms with van der Waals surface area (Å²) in [4.78, 5) is 32.6. The third-order valence-electron chi connectivity index (χ3n) is 5.11. The van der Waals surface area contributed by atoms with Gasteiger partial charge in [-0.25, -0.2) is 4.79 Å². The third kappa shape index (κ3) is 3.29. The molecule has 0 N–H and O–H groups in total. The number of benzene rings is 1. The van der Waals surface area contributed by atoms with Crippen LogP contribution >= 0.6 is 0 Å². The number of carbonyl (C=O) groups is 2. The molecule has 3 aliphatic heterocycles. The quantitative estimate of drug-likeness (QED) is 0.784. The summed E-state index contributed by atoms with van der Waals surface area (Å²) in [5.74, 6) is 1.39. The standard InChI is InChI=1S/C18H24N4O4/c1-19-4-6-20(7-5-19)17(23)13-21-8-9-22(18(21)24)14-2-3-15-16(12-14)26-11-10-25-15/h2-3,12H,4-11,13H2,1H3. The van der Waals surface area contributed by atoms with E-state index >= 15 is 0 Å². The zero-order chi connectivity index (χ0) is 18.1. The van der Waals surface area contributed by atoms with Gasteiger partial charge in [-0.15, -0.1) is 0 Å². The van der Waals surface area contributed by atoms with Crippen molar-refractivity contribution >= 4 is 17.6 Å². The molecular weight excluding hydrogens is 336 g/mol. The van der Waals surface area contributed by atoms with E-state index in [1.165, 1.54) is 0 Å². The number of nitrogens with zero attached hydrogens (tertiary/aromatic N) is 4. The van der Waals surface area contributed by atoms with Gasteiger partial charge in [0.1, 0.15) is 19.8 Å². The molecule has 3 amide bonds. The molecule has 0 spiro atoms. The molecule has 3 aliphatic rings. The van der Waals surface area contributed by atoms with Gasteiger partial charge < -0.3 is 24.2 Å². The van der Waals surface area contributed by atoms with Crippen LogP contribution in [0.25, 0.3) is 0 Å². The normalized spacial score (nSPS) is 20.7. The number of fused-ring (bicyclic) bond motifs is 1. The smallest absolute Gasteiger partial charge is 0.325 e. The van der Waals surface area contributed by atoms with Crippen molar-refractivity contribution in [1.82, 2.24) is 14.7 Å². The van der Waals surface area contributed by atoms with Crippen LogP contribution in [0.3, 0.4) is 0 Å². The van der Waals surface area contributed by atoms with Gasteiger partial charge in [-0.2, -0.15) is 0 Å². The average Bonchev–Trinajstić information content (AvgIpc) is 3.02. The number of anilines is 1. The number of piperazine rings is 1. The molecule has 0 unspecified atom stereocenters. The van der Waals surface area contributed by atoms with Crippen LogP contribution in [0.1, 0.15) is 0 Å². The lowest BCUT2D eigenvalue weighted by atomic mass is 10.2. The number of hydrogen-bond donors (Lipinski definition) is 0. The Bertz CT molecular complexity index is 702. The summed E-state index contributed by atoms with van der Waals surface area (Å²) in [7, 11) is 2.05. The highest BCUT2D eigenvalue weighted by Gasteiger charge is 2.33. The molecule has 2 saturated heterocycles. The molecule has 0 saturated carbocycles. The minimum absolute atomic E-state index is 0.0236. The molecule has 140 valence electrons. The highest BCUT2D eigenvalue weighted by atomic mass is 16.6. The number of amides is 3. The summed E-state index contributed by atoms with van der Waals surface area (Å²) in [5, 5.41) is 0. The Morgan fingerprint density at radius 3 is 2.50 bits per heavy atom. The molecule has 1 aromatic rings. The Balaban J connectivity index is 1.39. The summed E-state index contributed by atoms with van der Waals surface area (Å²) in [6, 6.07) is 5.38. The topological polar surface area (TPSA) is 65.6 Å². The second kappa shape index (κ2) is 7.03. The Labute approximate surface area is 152 Å². The van der Waals surface area contributed by atoms with Gasteiger partial charge in [0.05, 0.1) is 0 Å². The lowest BCUT2D eigenvalue weighted by Crippen LogP contribution is -2.50. The van der Waals surface area contributed by atoms with Gasteiger partial charge >= 0.3 is 6.03 Å². The molecule has 0 atom stereocenters. The molecule has 8 heteroatoms. The fourth-order valence-electron chi connectivity index (χ4n) is 3.49. The molecule has 0 bridgehead atoms. The SMILES string of the molecule is CN1CCN(C(=O)CN2CCN(c3ccc4c(c3)OCCO4)C2=O)CC1. The van der Waals surface area contributed by atoms with E-state index in [4.69, 9.17) is 9.47 Å². The molecule has 0 radical (unpaired) electrons. The maximum Gasteiger partial charge on any atom is 0.325 e. The van der Waals surface area contributed by atoms with E-state index in [0.29, 0.717) is 37.8 Å². The van der Waals surface area contributed by atoms with Crippen LogP contribution in [0.5, 0.6) is 11.5 Å². The first-order valence-corrected chi connectivity index (χ1v) is 9.04. The molecule has 4 rings (SSSR count). The second-order valence-corrected chi connectivity index (χ2v) is 6.87. The number of hydrogen-bond acceptors (Lipinski definition) is 5. The summed E-state index contributed by atoms with van der Waals surface area (Å²) in [5.41, 5.74) is 0.772. The summed E-state index contributed by atoms with van der Waals surface area (Å²) < 4.78 is 11.1. The van der Waals surface area contributed by atoms with Gasteiger partial charge in [0.15, 0.2) is 11.5 Å². The zero-order valence-electron chi connectivity index (χ0n) is 15.0. The molecule has 3 heterocycles. The lowest BCUT2D eigenvalue weighted by Gasteiger charge is -2.33. The van der Waals surface area contributed by atoms with Gasteiger partial charge in [-0.1, -0.05) is 0 Å². The number of likely N-dealkylation sites (N-methyl/N-ethyl adjacent to an activating group) is 1. The van der Waals surface area contributed by atoms with Crippen LogP contribution in [-0.4, -0.2) is 92.7 Å². The van der Waals surface area contributed by atoms with E-state index in [1.807, 2.05) is 23.1 Å². The van der Waals surface area contributed by atoms with Crippen LogP contribution in [0.4, 0.5) is 10.5 Å². The van der Waals surface area contributed by atoms with E-state index in [0.717, 1.165) is 31.9 Å². The van der Waals surface area contributed by atoms with E-state index in [2.05, 4.69) is 11.9 Å². The molecule has 2 fully saturated rings. The van der Waals surface area contributed by atoms with Crippen LogP contribution in [-0.2, 0) is 4.79 Å². The minimum atomic E-state index is -0.135. The average molecular weight is 360 g/mol. The first-order valence-electron chi connectivity index (χ1n) is 9.04. The summed E-state index contributed by atoms with van der Waals surface area (Å²) in [6.45, 7) is 5.51. The van der Waals surface area contributed by atoms with Crippen molar-refractivity contribution in [2.45, 2.75) is 0 Å². The Morgan fingerprint density at radius 2 is 1.73 bits per heavy atom. The Morgan fingerprint density at radius 1 is 1.00 bits per heavy atom. The minimum Gasteiger partial charge on any atom is -0.486 e. The van der Waals surface area contributed by atoms with E-state index < -0.39 is 0 Å². The maximum absolute atomic E-state index is 12.7. The van der Waals surface area contributed by atoms with E-state index in [1.54, 1.807) is 9.80 Å². The number of ether oxygens (including phenoxy) is 2. The van der Waals surface area contributed by atoms with Crippen molar-refractivity contribution < 1.29 is 19.1 Å². The highest BCUT2D eigenvalue weighted by molar-refractivity contribution is 5.96. The van der Waals surface area contributed by atoms with Crippen molar-refractivity contribution in [3.8, 4) is 11.5 Å². The number of urea groups is 1. The van der Waals surface area contributed by atoms with Gasteiger partial charge in [0.25, 0.3) is 0 Å². The molecule has 0 aliphatic carbocycles. The first-order chi connectivity index (χ1) is 12.6. The Hall–Kier alpha value is -2.48. The van der Waals surface area contributed by atoms with Gasteiger partial charge in [-0.05, 0) is 19.2 Å². The van der Waals surface area contributed by atoms with Gasteiger partial charge in [0, 0.05) is 51.0 Å². The van der Waals surface area contributed by atoms with Crippen LogP contribution in [0.15, 0.2) is 18.2 Å². The van der Waals surface area contributed by atoms with Crippen molar-refractivity contribution in [1.29, 1.82) is 0 Å². The van der Waals surface area contributed by atoms with Crippen LogP contribution in [0.2, 0.25) is 0 Å². The summed E-state index contributed by atoms with van der Waals surface area (Å²) >= 11 is 0. The third-order valence-corrected chi connectivity index (χ3v) is 5.11. The van der Waals surface area contributed by atoms with E-state index in [9.17, 15) is 9.59 Å². The van der Waals surface area contributed by atoms with Crippen molar-refractivity contribution in [2.75, 3.05) is 71.0 Å². The molecular formula is C18H24N4O4. The Kier molecular flexibility index (Phi) is 4.58. The summed E-state index contributed by atoms with van der Waals surface area (Å²) in [6.07, 6.45) is 0. The predicted octanol–water partition coefficient (Wildman–Crippen LogP) is 0.474. The largest absolute Gasteiger partial charge is 0.486 e. The molecule has 0 aromatic heterocycles. The fourth-order valence-corrected chi connectivity index (χ4v) is 3.49. The van der Waals surface area contributed by atoms with E-state index in [-0.39, 0.29) is 18.5 Å². The van der Waals surface area contributed by atoms with Crippen molar-refractivity contribution in [3.63, 3.8) is 0 Å². The maximum atomic E-state index is 12.7. The zero-order valence-corrected chi connectivity index (χ0v) is 15.0. The molecule has 26 heavy (non-hydrogen) atoms. The van der Waals surface area contributed by atoms with Crippen LogP contribution < -0.4 is 14.4 Å². The van der Waals surface area contributed by atoms with Gasteiger partial charge in [-0.3, -0.25) is 9.69 Å².